The van der Waals surface area contributed by atoms with E-state index in [9.17, 15) is 4.79 Å². The Kier molecular flexibility index (Phi) is 3.27. The fourth-order valence-corrected chi connectivity index (χ4v) is 2.35. The maximum atomic E-state index is 10.5. The lowest BCUT2D eigenvalue weighted by atomic mass is 10.1. The molecule has 1 nitrogen and oxygen atoms in total. The van der Waals surface area contributed by atoms with Crippen LogP contribution in [0.15, 0.2) is 22.7 Å². The van der Waals surface area contributed by atoms with E-state index in [4.69, 9.17) is 0 Å². The first kappa shape index (κ1) is 8.94. The zero-order chi connectivity index (χ0) is 8.27. The van der Waals surface area contributed by atoms with Gasteiger partial charge in [-0.15, -0.1) is 0 Å². The summed E-state index contributed by atoms with van der Waals surface area (Å²) in [6.07, 6.45) is 0.862. The Hall–Kier alpha value is -0.150. The molecule has 0 bridgehead atoms. The Morgan fingerprint density at radius 3 is 2.64 bits per heavy atom. The smallest absolute Gasteiger partial charge is 0.150 e. The first-order chi connectivity index (χ1) is 5.29. The van der Waals surface area contributed by atoms with E-state index in [1.165, 1.54) is 0 Å². The summed E-state index contributed by atoms with van der Waals surface area (Å²) >= 11 is 6.67. The summed E-state index contributed by atoms with van der Waals surface area (Å²) in [6, 6.07) is 5.57. The third-order valence-corrected chi connectivity index (χ3v) is 2.72. The molecule has 1 rings (SSSR count). The molecular formula is C8H6Br2O. The third kappa shape index (κ3) is 1.91. The van der Waals surface area contributed by atoms with Crippen molar-refractivity contribution < 1.29 is 4.79 Å². The van der Waals surface area contributed by atoms with Gasteiger partial charge in [0.1, 0.15) is 6.29 Å². The molecule has 0 heterocycles. The zero-order valence-electron chi connectivity index (χ0n) is 5.68. The van der Waals surface area contributed by atoms with Crippen LogP contribution in [0.1, 0.15) is 15.9 Å². The van der Waals surface area contributed by atoms with E-state index in [1.807, 2.05) is 12.1 Å². The molecule has 0 unspecified atom stereocenters. The number of hydrogen-bond acceptors (Lipinski definition) is 1. The van der Waals surface area contributed by atoms with Gasteiger partial charge in [0.25, 0.3) is 0 Å². The standard InChI is InChI=1S/C8H6Br2O/c9-4-7-6(5-11)2-1-3-8(7)10/h1-3,5H,4H2. The van der Waals surface area contributed by atoms with Gasteiger partial charge in [-0.25, -0.2) is 0 Å². The van der Waals surface area contributed by atoms with Crippen LogP contribution in [0.4, 0.5) is 0 Å². The normalized spacial score (nSPS) is 9.64. The van der Waals surface area contributed by atoms with Crippen molar-refractivity contribution >= 4 is 38.1 Å². The number of carbonyl (C=O) groups excluding carboxylic acids is 1. The average Bonchev–Trinajstić information content (AvgIpc) is 2.04. The monoisotopic (exact) mass is 276 g/mol. The maximum absolute atomic E-state index is 10.5. The minimum absolute atomic E-state index is 0.697. The number of carbonyl (C=O) groups is 1. The molecule has 0 aliphatic carbocycles. The van der Waals surface area contributed by atoms with Gasteiger partial charge in [-0.05, 0) is 11.6 Å². The van der Waals surface area contributed by atoms with Crippen molar-refractivity contribution in [1.29, 1.82) is 0 Å². The molecule has 0 aliphatic rings. The van der Waals surface area contributed by atoms with Gasteiger partial charge in [0.05, 0.1) is 0 Å². The van der Waals surface area contributed by atoms with Crippen LogP contribution in [0.3, 0.4) is 0 Å². The minimum Gasteiger partial charge on any atom is -0.298 e. The van der Waals surface area contributed by atoms with Crippen molar-refractivity contribution in [3.8, 4) is 0 Å². The summed E-state index contributed by atoms with van der Waals surface area (Å²) in [7, 11) is 0. The van der Waals surface area contributed by atoms with Gasteiger partial charge >= 0.3 is 0 Å². The van der Waals surface area contributed by atoms with Crippen LogP contribution in [0, 0.1) is 0 Å². The fourth-order valence-electron chi connectivity index (χ4n) is 0.827. The maximum Gasteiger partial charge on any atom is 0.150 e. The molecule has 0 aliphatic heterocycles. The largest absolute Gasteiger partial charge is 0.298 e. The van der Waals surface area contributed by atoms with E-state index in [2.05, 4.69) is 31.9 Å². The highest BCUT2D eigenvalue weighted by Gasteiger charge is 2.02. The van der Waals surface area contributed by atoms with E-state index < -0.39 is 0 Å². The second kappa shape index (κ2) is 4.02. The molecule has 58 valence electrons. The van der Waals surface area contributed by atoms with Gasteiger partial charge in [0.15, 0.2) is 0 Å². The van der Waals surface area contributed by atoms with Gasteiger partial charge in [-0.2, -0.15) is 0 Å². The van der Waals surface area contributed by atoms with Crippen molar-refractivity contribution in [3.63, 3.8) is 0 Å². The predicted octanol–water partition coefficient (Wildman–Crippen LogP) is 3.16. The SMILES string of the molecule is O=Cc1cccc(Br)c1CBr. The molecule has 0 aromatic heterocycles. The molecule has 0 fully saturated rings. The summed E-state index contributed by atoms with van der Waals surface area (Å²) in [4.78, 5) is 10.5. The molecule has 0 saturated carbocycles. The van der Waals surface area contributed by atoms with Gasteiger partial charge in [0.2, 0.25) is 0 Å². The molecule has 1 aromatic rings. The molecule has 0 atom stereocenters. The lowest BCUT2D eigenvalue weighted by Crippen LogP contribution is -1.89. The van der Waals surface area contributed by atoms with Crippen molar-refractivity contribution in [3.05, 3.63) is 33.8 Å². The second-order valence-corrected chi connectivity index (χ2v) is 3.47. The van der Waals surface area contributed by atoms with Gasteiger partial charge in [0, 0.05) is 15.4 Å². The highest BCUT2D eigenvalue weighted by molar-refractivity contribution is 9.10. The summed E-state index contributed by atoms with van der Waals surface area (Å²) in [5, 5.41) is 0.697. The van der Waals surface area contributed by atoms with E-state index in [-0.39, 0.29) is 0 Å². The molecule has 1 aromatic carbocycles. The van der Waals surface area contributed by atoms with E-state index >= 15 is 0 Å². The highest BCUT2D eigenvalue weighted by Crippen LogP contribution is 2.21. The zero-order valence-corrected chi connectivity index (χ0v) is 8.85. The van der Waals surface area contributed by atoms with Crippen LogP contribution in [-0.4, -0.2) is 6.29 Å². The molecule has 0 saturated heterocycles. The quantitative estimate of drug-likeness (QED) is 0.600. The lowest BCUT2D eigenvalue weighted by Gasteiger charge is -2.01. The number of halogens is 2. The summed E-state index contributed by atoms with van der Waals surface area (Å²) in [5.41, 5.74) is 1.73. The highest BCUT2D eigenvalue weighted by atomic mass is 79.9. The van der Waals surface area contributed by atoms with E-state index in [0.717, 1.165) is 21.9 Å². The topological polar surface area (TPSA) is 17.1 Å². The molecule has 0 amide bonds. The Balaban J connectivity index is 3.23. The van der Waals surface area contributed by atoms with Crippen molar-refractivity contribution in [2.45, 2.75) is 5.33 Å². The summed E-state index contributed by atoms with van der Waals surface area (Å²) in [6.45, 7) is 0. The molecule has 0 radical (unpaired) electrons. The minimum atomic E-state index is 0.697. The Morgan fingerprint density at radius 1 is 1.45 bits per heavy atom. The first-order valence-corrected chi connectivity index (χ1v) is 4.99. The molecule has 0 N–H and O–H groups in total. The first-order valence-electron chi connectivity index (χ1n) is 3.08. The van der Waals surface area contributed by atoms with Gasteiger partial charge in [-0.1, -0.05) is 44.0 Å². The molecule has 3 heteroatoms. The molecular weight excluding hydrogens is 272 g/mol. The average molecular weight is 278 g/mol. The third-order valence-electron chi connectivity index (χ3n) is 1.42. The molecule has 0 spiro atoms. The molecule has 11 heavy (non-hydrogen) atoms. The van der Waals surface area contributed by atoms with E-state index in [1.54, 1.807) is 6.07 Å². The fraction of sp³-hybridized carbons (Fsp3) is 0.125. The summed E-state index contributed by atoms with van der Waals surface area (Å²) < 4.78 is 0.971. The number of rotatable bonds is 2. The van der Waals surface area contributed by atoms with Crippen molar-refractivity contribution in [2.24, 2.45) is 0 Å². The van der Waals surface area contributed by atoms with Crippen LogP contribution >= 0.6 is 31.9 Å². The van der Waals surface area contributed by atoms with E-state index in [0.29, 0.717) is 5.33 Å². The van der Waals surface area contributed by atoms with Gasteiger partial charge in [-0.3, -0.25) is 4.79 Å². The van der Waals surface area contributed by atoms with Crippen molar-refractivity contribution in [2.75, 3.05) is 0 Å². The number of benzene rings is 1. The number of hydrogen-bond donors (Lipinski definition) is 0. The van der Waals surface area contributed by atoms with Gasteiger partial charge < -0.3 is 0 Å². The van der Waals surface area contributed by atoms with Crippen LogP contribution in [0.2, 0.25) is 0 Å². The van der Waals surface area contributed by atoms with Crippen LogP contribution < -0.4 is 0 Å². The summed E-state index contributed by atoms with van der Waals surface area (Å²) in [5.74, 6) is 0. The Labute approximate surface area is 82.1 Å². The Bertz CT molecular complexity index is 271. The van der Waals surface area contributed by atoms with Crippen LogP contribution in [-0.2, 0) is 5.33 Å². The van der Waals surface area contributed by atoms with Crippen LogP contribution in [0.5, 0.6) is 0 Å². The second-order valence-electron chi connectivity index (χ2n) is 2.06. The van der Waals surface area contributed by atoms with Crippen molar-refractivity contribution in [1.82, 2.24) is 0 Å². The number of aldehydes is 1. The lowest BCUT2D eigenvalue weighted by molar-refractivity contribution is 0.112. The number of alkyl halides is 1. The van der Waals surface area contributed by atoms with Crippen LogP contribution in [0.25, 0.3) is 0 Å². The predicted molar refractivity (Wildman–Crippen MR) is 52.2 cm³/mol. The Morgan fingerprint density at radius 2 is 2.18 bits per heavy atom.